The van der Waals surface area contributed by atoms with Gasteiger partial charge in [-0.2, -0.15) is 0 Å². The van der Waals surface area contributed by atoms with E-state index in [1.807, 2.05) is 24.3 Å². The predicted molar refractivity (Wildman–Crippen MR) is 68.2 cm³/mol. The monoisotopic (exact) mass is 268 g/mol. The normalized spacial score (nSPS) is 19.2. The lowest BCUT2D eigenvalue weighted by Crippen LogP contribution is -2.22. The van der Waals surface area contributed by atoms with Crippen molar-refractivity contribution in [2.45, 2.75) is 30.9 Å². The molecule has 1 unspecified atom stereocenters. The molecule has 1 N–H and O–H groups in total. The van der Waals surface area contributed by atoms with Crippen molar-refractivity contribution in [2.75, 3.05) is 5.75 Å². The van der Waals surface area contributed by atoms with E-state index >= 15 is 0 Å². The molecule has 0 fully saturated rings. The summed E-state index contributed by atoms with van der Waals surface area (Å²) in [5.74, 6) is -1.34. The zero-order valence-electron chi connectivity index (χ0n) is 10.0. The van der Waals surface area contributed by atoms with E-state index in [0.717, 1.165) is 24.0 Å². The van der Waals surface area contributed by atoms with Gasteiger partial charge in [0.1, 0.15) is 0 Å². The van der Waals surface area contributed by atoms with Crippen molar-refractivity contribution in [3.8, 4) is 0 Å². The molecule has 18 heavy (non-hydrogen) atoms. The molecule has 0 aromatic heterocycles. The maximum atomic E-state index is 12.2. The lowest BCUT2D eigenvalue weighted by Gasteiger charge is -2.25. The maximum Gasteiger partial charge on any atom is 0.304 e. The highest BCUT2D eigenvalue weighted by molar-refractivity contribution is 7.91. The third kappa shape index (κ3) is 2.72. The lowest BCUT2D eigenvalue weighted by atomic mass is 9.91. The zero-order valence-corrected chi connectivity index (χ0v) is 10.8. The van der Waals surface area contributed by atoms with Crippen molar-refractivity contribution in [1.29, 1.82) is 0 Å². The fourth-order valence-corrected chi connectivity index (χ4v) is 4.34. The Morgan fingerprint density at radius 2 is 2.06 bits per heavy atom. The summed E-state index contributed by atoms with van der Waals surface area (Å²) < 4.78 is 24.4. The average Bonchev–Trinajstić information content (AvgIpc) is 2.36. The molecule has 0 aliphatic heterocycles. The summed E-state index contributed by atoms with van der Waals surface area (Å²) in [7, 11) is -3.37. The van der Waals surface area contributed by atoms with Gasteiger partial charge in [0.25, 0.3) is 0 Å². The number of aryl methyl sites for hydroxylation is 1. The van der Waals surface area contributed by atoms with Crippen molar-refractivity contribution >= 4 is 15.8 Å². The molecule has 0 saturated carbocycles. The van der Waals surface area contributed by atoms with Crippen LogP contribution in [0.4, 0.5) is 0 Å². The summed E-state index contributed by atoms with van der Waals surface area (Å²) >= 11 is 0. The Balaban J connectivity index is 2.27. The van der Waals surface area contributed by atoms with E-state index in [-0.39, 0.29) is 12.2 Å². The van der Waals surface area contributed by atoms with Crippen LogP contribution in [-0.4, -0.2) is 25.2 Å². The van der Waals surface area contributed by atoms with Gasteiger partial charge < -0.3 is 5.11 Å². The number of hydrogen-bond acceptors (Lipinski definition) is 3. The van der Waals surface area contributed by atoms with Gasteiger partial charge in [-0.3, -0.25) is 4.79 Å². The molecule has 0 heterocycles. The predicted octanol–water partition coefficient (Wildman–Crippen LogP) is 1.95. The van der Waals surface area contributed by atoms with Crippen molar-refractivity contribution in [1.82, 2.24) is 0 Å². The Kier molecular flexibility index (Phi) is 3.71. The topological polar surface area (TPSA) is 71.4 Å². The van der Waals surface area contributed by atoms with Gasteiger partial charge in [0.2, 0.25) is 0 Å². The van der Waals surface area contributed by atoms with E-state index in [0.29, 0.717) is 6.42 Å². The second-order valence-corrected chi connectivity index (χ2v) is 6.89. The van der Waals surface area contributed by atoms with Crippen LogP contribution in [0.5, 0.6) is 0 Å². The Bertz CT molecular complexity index is 548. The van der Waals surface area contributed by atoms with Crippen LogP contribution in [0.15, 0.2) is 24.3 Å². The van der Waals surface area contributed by atoms with Gasteiger partial charge in [-0.1, -0.05) is 24.3 Å². The molecule has 0 amide bonds. The third-order valence-corrected chi connectivity index (χ3v) is 5.48. The molecule has 0 saturated heterocycles. The number of carboxylic acids is 1. The largest absolute Gasteiger partial charge is 0.481 e. The molecule has 0 bridgehead atoms. The van der Waals surface area contributed by atoms with Crippen LogP contribution in [0, 0.1) is 0 Å². The summed E-state index contributed by atoms with van der Waals surface area (Å²) in [5, 5.41) is 8.08. The highest BCUT2D eigenvalue weighted by atomic mass is 32.2. The first kappa shape index (κ1) is 13.1. The van der Waals surface area contributed by atoms with Gasteiger partial charge >= 0.3 is 5.97 Å². The van der Waals surface area contributed by atoms with Crippen LogP contribution in [0.1, 0.15) is 35.6 Å². The summed E-state index contributed by atoms with van der Waals surface area (Å²) in [6, 6.07) is 7.54. The standard InChI is InChI=1S/C13H16O4S/c14-13(15)8-9-18(16,17)12-7-3-5-10-4-1-2-6-11(10)12/h1-2,4,6,12H,3,5,7-9H2,(H,14,15). The van der Waals surface area contributed by atoms with Gasteiger partial charge in [-0.25, -0.2) is 8.42 Å². The van der Waals surface area contributed by atoms with Gasteiger partial charge in [0.15, 0.2) is 9.84 Å². The van der Waals surface area contributed by atoms with Crippen LogP contribution < -0.4 is 0 Å². The van der Waals surface area contributed by atoms with Gasteiger partial charge in [0, 0.05) is 0 Å². The number of benzene rings is 1. The Hall–Kier alpha value is -1.36. The molecule has 0 radical (unpaired) electrons. The summed E-state index contributed by atoms with van der Waals surface area (Å²) in [6.07, 6.45) is 2.02. The molecule has 5 heteroatoms. The smallest absolute Gasteiger partial charge is 0.304 e. The van der Waals surface area contributed by atoms with E-state index in [1.54, 1.807) is 0 Å². The van der Waals surface area contributed by atoms with Crippen LogP contribution in [0.3, 0.4) is 0 Å². The number of fused-ring (bicyclic) bond motifs is 1. The second kappa shape index (κ2) is 5.10. The summed E-state index contributed by atoms with van der Waals surface area (Å²) in [5.41, 5.74) is 1.93. The third-order valence-electron chi connectivity index (χ3n) is 3.35. The minimum Gasteiger partial charge on any atom is -0.481 e. The van der Waals surface area contributed by atoms with Gasteiger partial charge in [-0.15, -0.1) is 0 Å². The molecular weight excluding hydrogens is 252 g/mol. The van der Waals surface area contributed by atoms with Crippen LogP contribution in [-0.2, 0) is 21.1 Å². The van der Waals surface area contributed by atoms with Crippen LogP contribution >= 0.6 is 0 Å². The molecule has 1 aromatic rings. The van der Waals surface area contributed by atoms with E-state index < -0.39 is 21.1 Å². The first-order valence-electron chi connectivity index (χ1n) is 6.02. The molecule has 1 aliphatic rings. The van der Waals surface area contributed by atoms with Gasteiger partial charge in [0.05, 0.1) is 17.4 Å². The van der Waals surface area contributed by atoms with Crippen molar-refractivity contribution in [3.05, 3.63) is 35.4 Å². The molecular formula is C13H16O4S. The van der Waals surface area contributed by atoms with Crippen molar-refractivity contribution in [2.24, 2.45) is 0 Å². The second-order valence-electron chi connectivity index (χ2n) is 4.59. The number of aliphatic carboxylic acids is 1. The van der Waals surface area contributed by atoms with E-state index in [2.05, 4.69) is 0 Å². The quantitative estimate of drug-likeness (QED) is 0.906. The van der Waals surface area contributed by atoms with Gasteiger partial charge in [-0.05, 0) is 30.4 Å². The van der Waals surface area contributed by atoms with E-state index in [9.17, 15) is 13.2 Å². The Labute approximate surface area is 107 Å². The number of carboxylic acid groups (broad SMARTS) is 1. The maximum absolute atomic E-state index is 12.2. The molecule has 1 aromatic carbocycles. The average molecular weight is 268 g/mol. The molecule has 2 rings (SSSR count). The highest BCUT2D eigenvalue weighted by Gasteiger charge is 2.31. The van der Waals surface area contributed by atoms with Crippen molar-refractivity contribution in [3.63, 3.8) is 0 Å². The molecule has 1 atom stereocenters. The summed E-state index contributed by atoms with van der Waals surface area (Å²) in [4.78, 5) is 10.5. The number of sulfone groups is 1. The SMILES string of the molecule is O=C(O)CCS(=O)(=O)C1CCCc2ccccc21. The van der Waals surface area contributed by atoms with E-state index in [4.69, 9.17) is 5.11 Å². The first-order valence-corrected chi connectivity index (χ1v) is 7.73. The molecule has 1 aliphatic carbocycles. The number of hydrogen-bond donors (Lipinski definition) is 1. The zero-order chi connectivity index (χ0) is 13.2. The van der Waals surface area contributed by atoms with Crippen LogP contribution in [0.2, 0.25) is 0 Å². The highest BCUT2D eigenvalue weighted by Crippen LogP contribution is 2.35. The van der Waals surface area contributed by atoms with E-state index in [1.165, 1.54) is 0 Å². The Morgan fingerprint density at radius 1 is 1.33 bits per heavy atom. The molecule has 98 valence electrons. The minimum absolute atomic E-state index is 0.276. The number of carbonyl (C=O) groups is 1. The first-order chi connectivity index (χ1) is 8.50. The molecule has 4 nitrogen and oxygen atoms in total. The van der Waals surface area contributed by atoms with Crippen LogP contribution in [0.25, 0.3) is 0 Å². The summed E-state index contributed by atoms with van der Waals surface area (Å²) in [6.45, 7) is 0. The Morgan fingerprint density at radius 3 is 2.78 bits per heavy atom. The fourth-order valence-electron chi connectivity index (χ4n) is 2.45. The van der Waals surface area contributed by atoms with Crippen molar-refractivity contribution < 1.29 is 18.3 Å². The lowest BCUT2D eigenvalue weighted by molar-refractivity contribution is -0.136. The molecule has 0 spiro atoms. The fraction of sp³-hybridized carbons (Fsp3) is 0.462. The number of rotatable bonds is 4. The minimum atomic E-state index is -3.37.